The lowest BCUT2D eigenvalue weighted by Crippen LogP contribution is -2.35. The summed E-state index contributed by atoms with van der Waals surface area (Å²) in [5.41, 5.74) is 4.14. The smallest absolute Gasteiger partial charge is 0.283 e. The Bertz CT molecular complexity index is 1300. The highest BCUT2D eigenvalue weighted by Gasteiger charge is 2.33. The van der Waals surface area contributed by atoms with Crippen LogP contribution in [0.2, 0.25) is 0 Å². The zero-order chi connectivity index (χ0) is 22.2. The number of allylic oxidation sites excluding steroid dienone is 3. The van der Waals surface area contributed by atoms with Crippen molar-refractivity contribution in [1.82, 2.24) is 19.1 Å². The van der Waals surface area contributed by atoms with Gasteiger partial charge in [0.1, 0.15) is 0 Å². The molecule has 3 aromatic rings. The molecule has 1 amide bonds. The van der Waals surface area contributed by atoms with Gasteiger partial charge in [0.25, 0.3) is 10.0 Å². The summed E-state index contributed by atoms with van der Waals surface area (Å²) in [5, 5.41) is 14.0. The van der Waals surface area contributed by atoms with Gasteiger partial charge in [-0.25, -0.2) is 4.98 Å². The first-order valence-electron chi connectivity index (χ1n) is 9.40. The number of amides is 1. The molecule has 0 aliphatic carbocycles. The van der Waals surface area contributed by atoms with E-state index < -0.39 is 15.9 Å². The normalized spacial score (nSPS) is 15.1. The molecule has 1 unspecified atom stereocenters. The van der Waals surface area contributed by atoms with Gasteiger partial charge in [0.15, 0.2) is 0 Å². The third-order valence-corrected chi connectivity index (χ3v) is 7.47. The summed E-state index contributed by atoms with van der Waals surface area (Å²) < 4.78 is 27.8. The highest BCUT2D eigenvalue weighted by molar-refractivity contribution is 7.89. The molecule has 1 N–H and O–H groups in total. The molecule has 160 valence electrons. The number of hydrogen-bond acceptors (Lipinski definition) is 7. The van der Waals surface area contributed by atoms with Crippen LogP contribution < -0.4 is 0 Å². The van der Waals surface area contributed by atoms with Gasteiger partial charge >= 0.3 is 0 Å². The van der Waals surface area contributed by atoms with E-state index in [0.29, 0.717) is 16.8 Å². The second-order valence-corrected chi connectivity index (χ2v) is 9.68. The molecule has 1 aliphatic heterocycles. The molecule has 0 saturated heterocycles. The van der Waals surface area contributed by atoms with E-state index in [4.69, 9.17) is 0 Å². The molecule has 0 bridgehead atoms. The first-order valence-corrected chi connectivity index (χ1v) is 11.7. The van der Waals surface area contributed by atoms with Crippen LogP contribution in [-0.2, 0) is 27.9 Å². The molecular weight excluding hydrogens is 436 g/mol. The summed E-state index contributed by atoms with van der Waals surface area (Å²) >= 11 is 1.37. The van der Waals surface area contributed by atoms with Crippen LogP contribution in [0, 0.1) is 5.92 Å². The van der Waals surface area contributed by atoms with Gasteiger partial charge in [0, 0.05) is 18.3 Å². The minimum Gasteiger partial charge on any atom is -0.395 e. The number of aliphatic hydroxyl groups is 1. The van der Waals surface area contributed by atoms with Gasteiger partial charge in [-0.1, -0.05) is 31.4 Å². The highest BCUT2D eigenvalue weighted by Crippen LogP contribution is 2.28. The van der Waals surface area contributed by atoms with Crippen LogP contribution in [0.15, 0.2) is 71.8 Å². The SMILES string of the molecule is C=C/C=C(\C=C)C(CO)C(=O)N1Cc2cn(S(=O)(=O)c3ccc4ncsc4c3)nc2C1. The van der Waals surface area contributed by atoms with Crippen LogP contribution in [0.5, 0.6) is 0 Å². The van der Waals surface area contributed by atoms with E-state index in [1.54, 1.807) is 28.6 Å². The van der Waals surface area contributed by atoms with E-state index in [1.165, 1.54) is 35.8 Å². The molecule has 0 saturated carbocycles. The predicted octanol–water partition coefficient (Wildman–Crippen LogP) is 2.48. The Hall–Kier alpha value is -3.08. The molecule has 1 aliphatic rings. The van der Waals surface area contributed by atoms with Crippen molar-refractivity contribution in [2.24, 2.45) is 5.92 Å². The summed E-state index contributed by atoms with van der Waals surface area (Å²) in [6, 6.07) is 4.76. The lowest BCUT2D eigenvalue weighted by atomic mass is 9.98. The Kier molecular flexibility index (Phi) is 5.61. The van der Waals surface area contributed by atoms with Gasteiger partial charge in [-0.05, 0) is 23.8 Å². The molecule has 1 atom stereocenters. The standard InChI is InChI=1S/C21H20N4O4S2/c1-3-5-14(4-2)17(12-26)21(27)24-9-15-10-25(23-19(15)11-24)31(28,29)16-6-7-18-20(8-16)30-13-22-18/h3-8,10,13,17,26H,1-2,9,11-12H2/b14-5+. The van der Waals surface area contributed by atoms with Crippen molar-refractivity contribution in [1.29, 1.82) is 0 Å². The van der Waals surface area contributed by atoms with E-state index in [1.807, 2.05) is 0 Å². The number of aromatic nitrogens is 3. The quantitative estimate of drug-likeness (QED) is 0.548. The molecule has 1 aromatic carbocycles. The average Bonchev–Trinajstić information content (AvgIpc) is 3.47. The van der Waals surface area contributed by atoms with Gasteiger partial charge in [-0.15, -0.1) is 11.3 Å². The number of carbonyl (C=O) groups is 1. The second kappa shape index (κ2) is 8.22. The van der Waals surface area contributed by atoms with Crippen LogP contribution in [0.1, 0.15) is 11.3 Å². The number of hydrogen-bond donors (Lipinski definition) is 1. The Labute approximate surface area is 183 Å². The molecule has 0 radical (unpaired) electrons. The fourth-order valence-corrected chi connectivity index (χ4v) is 5.51. The number of aliphatic hydroxyl groups excluding tert-OH is 1. The number of fused-ring (bicyclic) bond motifs is 2. The van der Waals surface area contributed by atoms with Crippen molar-refractivity contribution in [2.45, 2.75) is 18.0 Å². The van der Waals surface area contributed by atoms with Gasteiger partial charge in [-0.2, -0.15) is 17.6 Å². The van der Waals surface area contributed by atoms with Crippen molar-refractivity contribution in [2.75, 3.05) is 6.61 Å². The van der Waals surface area contributed by atoms with Crippen LogP contribution in [0.25, 0.3) is 10.2 Å². The minimum atomic E-state index is -3.86. The monoisotopic (exact) mass is 456 g/mol. The van der Waals surface area contributed by atoms with Crippen molar-refractivity contribution in [3.05, 3.63) is 78.1 Å². The lowest BCUT2D eigenvalue weighted by Gasteiger charge is -2.22. The number of nitrogens with zero attached hydrogens (tertiary/aromatic N) is 4. The maximum Gasteiger partial charge on any atom is 0.283 e. The van der Waals surface area contributed by atoms with E-state index in [9.17, 15) is 18.3 Å². The van der Waals surface area contributed by atoms with Gasteiger partial charge < -0.3 is 10.0 Å². The second-order valence-electron chi connectivity index (χ2n) is 7.00. The van der Waals surface area contributed by atoms with Crippen LogP contribution in [0.4, 0.5) is 0 Å². The molecule has 4 rings (SSSR count). The summed E-state index contributed by atoms with van der Waals surface area (Å²) in [4.78, 5) is 18.7. The van der Waals surface area contributed by atoms with Gasteiger partial charge in [-0.3, -0.25) is 4.79 Å². The lowest BCUT2D eigenvalue weighted by molar-refractivity contribution is -0.136. The molecule has 3 heterocycles. The minimum absolute atomic E-state index is 0.129. The maximum atomic E-state index is 13.0. The van der Waals surface area contributed by atoms with Gasteiger partial charge in [0.05, 0.1) is 45.4 Å². The van der Waals surface area contributed by atoms with Gasteiger partial charge in [0.2, 0.25) is 5.91 Å². The van der Waals surface area contributed by atoms with Crippen LogP contribution in [0.3, 0.4) is 0 Å². The fraction of sp³-hybridized carbons (Fsp3) is 0.190. The first-order chi connectivity index (χ1) is 14.9. The molecule has 0 spiro atoms. The Morgan fingerprint density at radius 3 is 2.81 bits per heavy atom. The Morgan fingerprint density at radius 2 is 2.13 bits per heavy atom. The van der Waals surface area contributed by atoms with Crippen molar-refractivity contribution >= 4 is 37.5 Å². The molecular formula is C21H20N4O4S2. The topological polar surface area (TPSA) is 105 Å². The van der Waals surface area contributed by atoms with Crippen LogP contribution in [-0.4, -0.2) is 45.1 Å². The Morgan fingerprint density at radius 1 is 1.32 bits per heavy atom. The molecule has 8 nitrogen and oxygen atoms in total. The molecule has 2 aromatic heterocycles. The van der Waals surface area contributed by atoms with E-state index in [0.717, 1.165) is 14.3 Å². The fourth-order valence-electron chi connectivity index (χ4n) is 3.52. The third kappa shape index (κ3) is 3.73. The Balaban J connectivity index is 1.57. The zero-order valence-corrected chi connectivity index (χ0v) is 18.1. The summed E-state index contributed by atoms with van der Waals surface area (Å²) in [6.07, 6.45) is 6.12. The van der Waals surface area contributed by atoms with Crippen molar-refractivity contribution < 1.29 is 18.3 Å². The van der Waals surface area contributed by atoms with Crippen molar-refractivity contribution in [3.8, 4) is 0 Å². The number of carbonyl (C=O) groups excluding carboxylic acids is 1. The molecule has 10 heteroatoms. The highest BCUT2D eigenvalue weighted by atomic mass is 32.2. The largest absolute Gasteiger partial charge is 0.395 e. The number of rotatable bonds is 7. The average molecular weight is 457 g/mol. The predicted molar refractivity (Wildman–Crippen MR) is 118 cm³/mol. The maximum absolute atomic E-state index is 13.0. The first kappa shape index (κ1) is 21.2. The molecule has 0 fully saturated rings. The third-order valence-electron chi connectivity index (χ3n) is 5.15. The van der Waals surface area contributed by atoms with E-state index >= 15 is 0 Å². The van der Waals surface area contributed by atoms with E-state index in [-0.39, 0.29) is 30.5 Å². The summed E-state index contributed by atoms with van der Waals surface area (Å²) in [5.74, 6) is -1.04. The summed E-state index contributed by atoms with van der Waals surface area (Å²) in [6.45, 7) is 7.31. The van der Waals surface area contributed by atoms with Crippen molar-refractivity contribution in [3.63, 3.8) is 0 Å². The molecule has 31 heavy (non-hydrogen) atoms. The number of thiazole rings is 1. The number of benzene rings is 1. The van der Waals surface area contributed by atoms with E-state index in [2.05, 4.69) is 23.2 Å². The van der Waals surface area contributed by atoms with Crippen LogP contribution >= 0.6 is 11.3 Å². The summed E-state index contributed by atoms with van der Waals surface area (Å²) in [7, 11) is -3.86. The zero-order valence-electron chi connectivity index (χ0n) is 16.5.